The molecule has 1 saturated heterocycles. The van der Waals surface area contributed by atoms with Gasteiger partial charge in [0, 0.05) is 19.0 Å². The van der Waals surface area contributed by atoms with Crippen molar-refractivity contribution in [3.8, 4) is 6.07 Å². The maximum Gasteiger partial charge on any atom is 0.223 e. The first kappa shape index (κ1) is 14.5. The van der Waals surface area contributed by atoms with Gasteiger partial charge in [0.25, 0.3) is 0 Å². The van der Waals surface area contributed by atoms with Gasteiger partial charge in [-0.05, 0) is 30.9 Å². The molecule has 0 spiro atoms. The molecule has 2 atom stereocenters. The molecular formula is C16H21N3O. The third kappa shape index (κ3) is 2.83. The van der Waals surface area contributed by atoms with Gasteiger partial charge in [0.15, 0.2) is 0 Å². The molecule has 0 saturated carbocycles. The minimum atomic E-state index is -0.180. The number of likely N-dealkylation sites (tertiary alicyclic amines) is 1. The molecule has 1 aromatic rings. The van der Waals surface area contributed by atoms with Crippen LogP contribution in [-0.4, -0.2) is 23.4 Å². The summed E-state index contributed by atoms with van der Waals surface area (Å²) < 4.78 is 0. The van der Waals surface area contributed by atoms with Gasteiger partial charge in [-0.15, -0.1) is 0 Å². The first-order valence-electron chi connectivity index (χ1n) is 7.23. The van der Waals surface area contributed by atoms with E-state index in [1.165, 1.54) is 0 Å². The van der Waals surface area contributed by atoms with Crippen LogP contribution in [0.5, 0.6) is 0 Å². The van der Waals surface area contributed by atoms with Crippen molar-refractivity contribution in [2.24, 2.45) is 5.73 Å². The fraction of sp³-hybridized carbons (Fsp3) is 0.500. The zero-order valence-corrected chi connectivity index (χ0v) is 11.9. The summed E-state index contributed by atoms with van der Waals surface area (Å²) in [6.07, 6.45) is 3.09. The molecule has 1 aromatic carbocycles. The number of amides is 1. The van der Waals surface area contributed by atoms with Gasteiger partial charge >= 0.3 is 0 Å². The molecule has 2 unspecified atom stereocenters. The summed E-state index contributed by atoms with van der Waals surface area (Å²) in [5.41, 5.74) is 7.81. The van der Waals surface area contributed by atoms with Gasteiger partial charge < -0.3 is 10.6 Å². The van der Waals surface area contributed by atoms with Gasteiger partial charge in [0.1, 0.15) is 0 Å². The molecule has 2 rings (SSSR count). The number of nitrogens with zero attached hydrogens (tertiary/aromatic N) is 2. The first-order chi connectivity index (χ1) is 9.69. The van der Waals surface area contributed by atoms with Crippen molar-refractivity contribution in [3.05, 3.63) is 35.4 Å². The molecule has 4 heteroatoms. The van der Waals surface area contributed by atoms with E-state index < -0.39 is 0 Å². The highest BCUT2D eigenvalue weighted by Gasteiger charge is 2.33. The minimum absolute atomic E-state index is 0.109. The van der Waals surface area contributed by atoms with Crippen LogP contribution in [0, 0.1) is 11.3 Å². The molecular weight excluding hydrogens is 250 g/mol. The molecule has 1 heterocycles. The Balaban J connectivity index is 2.46. The van der Waals surface area contributed by atoms with Crippen LogP contribution in [-0.2, 0) is 4.79 Å². The van der Waals surface area contributed by atoms with Crippen molar-refractivity contribution >= 4 is 5.91 Å². The number of nitrogens with two attached hydrogens (primary N) is 1. The van der Waals surface area contributed by atoms with E-state index >= 15 is 0 Å². The van der Waals surface area contributed by atoms with E-state index in [0.717, 1.165) is 24.8 Å². The molecule has 0 aromatic heterocycles. The zero-order chi connectivity index (χ0) is 14.5. The van der Waals surface area contributed by atoms with E-state index in [-0.39, 0.29) is 18.0 Å². The van der Waals surface area contributed by atoms with E-state index in [9.17, 15) is 10.1 Å². The highest BCUT2D eigenvalue weighted by atomic mass is 16.2. The number of carbonyl (C=O) groups is 1. The van der Waals surface area contributed by atoms with Crippen molar-refractivity contribution in [2.45, 2.75) is 44.7 Å². The Morgan fingerprint density at radius 2 is 2.20 bits per heavy atom. The first-order valence-corrected chi connectivity index (χ1v) is 7.23. The predicted molar refractivity (Wildman–Crippen MR) is 77.7 cm³/mol. The topological polar surface area (TPSA) is 70.1 Å². The second kappa shape index (κ2) is 6.53. The lowest BCUT2D eigenvalue weighted by molar-refractivity contribution is -0.133. The average Bonchev–Trinajstić information content (AvgIpc) is 2.59. The largest absolute Gasteiger partial charge is 0.334 e. The van der Waals surface area contributed by atoms with E-state index in [1.54, 1.807) is 6.07 Å². The second-order valence-corrected chi connectivity index (χ2v) is 5.29. The third-order valence-corrected chi connectivity index (χ3v) is 3.85. The maximum atomic E-state index is 12.3. The van der Waals surface area contributed by atoms with Crippen molar-refractivity contribution < 1.29 is 4.79 Å². The summed E-state index contributed by atoms with van der Waals surface area (Å²) in [6, 6.07) is 9.39. The Morgan fingerprint density at radius 3 is 2.90 bits per heavy atom. The molecule has 1 amide bonds. The van der Waals surface area contributed by atoms with Gasteiger partial charge in [0.05, 0.1) is 17.7 Å². The maximum absolute atomic E-state index is 12.3. The second-order valence-electron chi connectivity index (χ2n) is 5.29. The van der Waals surface area contributed by atoms with Gasteiger partial charge in [0.2, 0.25) is 5.91 Å². The highest BCUT2D eigenvalue weighted by molar-refractivity contribution is 5.77. The van der Waals surface area contributed by atoms with Crippen LogP contribution in [0.15, 0.2) is 24.3 Å². The summed E-state index contributed by atoms with van der Waals surface area (Å²) in [5, 5.41) is 9.29. The Labute approximate surface area is 120 Å². The molecule has 0 radical (unpaired) electrons. The summed E-state index contributed by atoms with van der Waals surface area (Å²) >= 11 is 0. The minimum Gasteiger partial charge on any atom is -0.334 e. The fourth-order valence-electron chi connectivity index (χ4n) is 2.94. The molecule has 106 valence electrons. The Kier molecular flexibility index (Phi) is 4.75. The van der Waals surface area contributed by atoms with Gasteiger partial charge in [-0.1, -0.05) is 25.1 Å². The predicted octanol–water partition coefficient (Wildman–Crippen LogP) is 2.35. The third-order valence-electron chi connectivity index (χ3n) is 3.85. The van der Waals surface area contributed by atoms with Crippen molar-refractivity contribution in [1.29, 1.82) is 5.26 Å². The van der Waals surface area contributed by atoms with Crippen LogP contribution in [0.3, 0.4) is 0 Å². The molecule has 0 bridgehead atoms. The normalized spacial score (nSPS) is 23.2. The number of nitriles is 1. The molecule has 0 aliphatic carbocycles. The van der Waals surface area contributed by atoms with Crippen LogP contribution >= 0.6 is 0 Å². The lowest BCUT2D eigenvalue weighted by Crippen LogP contribution is -2.42. The molecule has 1 aliphatic rings. The summed E-state index contributed by atoms with van der Waals surface area (Å²) in [6.45, 7) is 2.74. The zero-order valence-electron chi connectivity index (χ0n) is 11.9. The summed E-state index contributed by atoms with van der Waals surface area (Å²) in [7, 11) is 0. The summed E-state index contributed by atoms with van der Waals surface area (Å²) in [4.78, 5) is 14.2. The van der Waals surface area contributed by atoms with E-state index in [4.69, 9.17) is 5.73 Å². The van der Waals surface area contributed by atoms with E-state index in [0.29, 0.717) is 18.5 Å². The number of carbonyl (C=O) groups excluding carboxylic acids is 1. The van der Waals surface area contributed by atoms with Crippen LogP contribution in [0.25, 0.3) is 0 Å². The number of benzene rings is 1. The van der Waals surface area contributed by atoms with Crippen molar-refractivity contribution in [1.82, 2.24) is 4.90 Å². The average molecular weight is 271 g/mol. The Bertz CT molecular complexity index is 521. The fourth-order valence-corrected chi connectivity index (χ4v) is 2.94. The lowest BCUT2D eigenvalue weighted by Gasteiger charge is -2.34. The Morgan fingerprint density at radius 1 is 1.45 bits per heavy atom. The van der Waals surface area contributed by atoms with E-state index in [2.05, 4.69) is 13.0 Å². The van der Waals surface area contributed by atoms with Crippen molar-refractivity contribution in [3.63, 3.8) is 0 Å². The molecule has 1 aliphatic heterocycles. The van der Waals surface area contributed by atoms with Crippen LogP contribution in [0.2, 0.25) is 0 Å². The number of rotatable bonds is 3. The van der Waals surface area contributed by atoms with Gasteiger partial charge in [-0.25, -0.2) is 0 Å². The molecule has 4 nitrogen and oxygen atoms in total. The van der Waals surface area contributed by atoms with Gasteiger partial charge in [-0.3, -0.25) is 4.79 Å². The van der Waals surface area contributed by atoms with Crippen LogP contribution in [0.4, 0.5) is 0 Å². The van der Waals surface area contributed by atoms with Crippen LogP contribution in [0.1, 0.15) is 49.8 Å². The SMILES string of the molecule is CCCN1C(=O)CCCC(N)C1c1ccccc1C#N. The van der Waals surface area contributed by atoms with Crippen LogP contribution < -0.4 is 5.73 Å². The Hall–Kier alpha value is -1.86. The monoisotopic (exact) mass is 271 g/mol. The lowest BCUT2D eigenvalue weighted by atomic mass is 9.92. The molecule has 20 heavy (non-hydrogen) atoms. The smallest absolute Gasteiger partial charge is 0.223 e. The highest BCUT2D eigenvalue weighted by Crippen LogP contribution is 2.32. The molecule has 1 fully saturated rings. The number of hydrogen-bond donors (Lipinski definition) is 1. The number of hydrogen-bond acceptors (Lipinski definition) is 3. The van der Waals surface area contributed by atoms with Gasteiger partial charge in [-0.2, -0.15) is 5.26 Å². The quantitative estimate of drug-likeness (QED) is 0.917. The van der Waals surface area contributed by atoms with E-state index in [1.807, 2.05) is 23.1 Å². The molecule has 2 N–H and O–H groups in total. The summed E-state index contributed by atoms with van der Waals surface area (Å²) in [5.74, 6) is 0.151. The van der Waals surface area contributed by atoms with Crippen molar-refractivity contribution in [2.75, 3.05) is 6.54 Å². The standard InChI is InChI=1S/C16H21N3O/c1-2-10-19-15(20)9-5-8-14(18)16(19)13-7-4-3-6-12(13)11-17/h3-4,6-7,14,16H,2,5,8-10,18H2,1H3.